The van der Waals surface area contributed by atoms with Gasteiger partial charge in [-0.3, -0.25) is 0 Å². The van der Waals surface area contributed by atoms with Gasteiger partial charge in [0.05, 0.1) is 45.4 Å². The Morgan fingerprint density at radius 2 is 0.320 bits per heavy atom. The summed E-state index contributed by atoms with van der Waals surface area (Å²) in [5.41, 5.74) is 11.6. The maximum atomic E-state index is 13.7. The van der Waals surface area contributed by atoms with Gasteiger partial charge in [0.1, 0.15) is 19.6 Å². The first-order chi connectivity index (χ1) is 49.2. The molecule has 4 spiro atoms. The van der Waals surface area contributed by atoms with Crippen molar-refractivity contribution in [3.63, 3.8) is 0 Å². The Labute approximate surface area is 585 Å². The number of thioether (sulfide) groups is 8. The summed E-state index contributed by atoms with van der Waals surface area (Å²) in [5.74, 6) is -2.01. The van der Waals surface area contributed by atoms with Crippen LogP contribution in [0.3, 0.4) is 0 Å². The molecule has 4 unspecified atom stereocenters. The van der Waals surface area contributed by atoms with Crippen molar-refractivity contribution in [3.8, 4) is 0 Å². The summed E-state index contributed by atoms with van der Waals surface area (Å²) in [6, 6.07) is 0. The van der Waals surface area contributed by atoms with Crippen molar-refractivity contribution in [2.24, 2.45) is 0 Å². The summed E-state index contributed by atoms with van der Waals surface area (Å²) in [7, 11) is 5.61. The maximum absolute atomic E-state index is 13.7. The zero-order valence-corrected chi connectivity index (χ0v) is 57.9. The van der Waals surface area contributed by atoms with Crippen molar-refractivity contribution < 1.29 is 38.1 Å². The molecule has 100 heavy (non-hydrogen) atoms. The standard InChI is InChI=1S/C84H20O8S8/c1-89-73(85)69-70(74(86)90-2)98-79(97-69)77-93-9-5-81-61-45-29-17-15-13-14-16-18-20-25-35-23(16)33(21(13)29)49(61)51(35)63-53-37(25)28-32(20)48-46-30(18)22(14)34-24(15)36-26-19(17)31-27-38(26)54-58-42-39(27)55(65(81)47(31)45)59-43(42)44-41(57(53)67(59)83(63,81)7-11(9)95-77)40(28)56-60(44)68(58)84-8-12-10(6-82(84,66(48)56)62(46)50(34)52(36)64(54)84)94-78(96-12)80-99-71(75(87)91-3)72(100-80)76(88)92-4/h5-8H2,1-4H3. The van der Waals surface area contributed by atoms with E-state index in [1.54, 1.807) is 303 Å². The lowest BCUT2D eigenvalue weighted by Crippen LogP contribution is -2.54. The zero-order chi connectivity index (χ0) is 62.9. The summed E-state index contributed by atoms with van der Waals surface area (Å²) in [4.78, 5) is 61.8. The molecule has 38 rings (SSSR count). The van der Waals surface area contributed by atoms with Gasteiger partial charge in [-0.25, -0.2) is 19.2 Å². The van der Waals surface area contributed by atoms with Crippen LogP contribution in [0.5, 0.6) is 0 Å². The number of benzene rings is 16. The van der Waals surface area contributed by atoms with E-state index in [-0.39, 0.29) is 0 Å². The minimum absolute atomic E-state index is 0.312. The molecule has 0 saturated carbocycles. The lowest BCUT2D eigenvalue weighted by molar-refractivity contribution is -0.138. The van der Waals surface area contributed by atoms with E-state index in [9.17, 15) is 19.2 Å². The van der Waals surface area contributed by atoms with E-state index in [0.29, 0.717) is 19.6 Å². The van der Waals surface area contributed by atoms with Crippen LogP contribution < -0.4 is 0 Å². The average Bonchev–Trinajstić information content (AvgIpc) is 1.38. The van der Waals surface area contributed by atoms with E-state index in [2.05, 4.69) is 0 Å². The van der Waals surface area contributed by atoms with Crippen molar-refractivity contribution in [2.45, 2.75) is 47.3 Å². The molecular weight excluding hydrogens is 1390 g/mol. The molecular formula is C84H20O8S8. The van der Waals surface area contributed by atoms with Gasteiger partial charge in [0.15, 0.2) is 0 Å². The van der Waals surface area contributed by atoms with Crippen LogP contribution in [0.25, 0.3) is 259 Å². The monoisotopic (exact) mass is 1410 g/mol. The SMILES string of the molecule is COC(=O)C1=C(C(=O)OC)SC(=C2SC3=C(CC45c6c7c8c9c%10c%11c(c%12c%13c4c4c6c6c%14c7c7c%15c%16c%17c%18c%19c%20c%21c%22c%23c%24c(c%15c%14c%14c%24c%15c%23c%23c%21c%21c%24c%20c(c%18c%10c%17c87)c%11c%24c%12c7c%13c8c4c(c6%14)c%15c8c%23c7%21)C%164CC6=C(CC%19%224)SC(=C4SC(C(=O)OC)=C(C(=O)OC)S4)S6)C95C3)S2)S1. The fraction of sp³-hybridized carbons (Fsp3) is 0.143. The van der Waals surface area contributed by atoms with E-state index in [1.165, 1.54) is 95.1 Å². The van der Waals surface area contributed by atoms with E-state index in [4.69, 9.17) is 18.9 Å². The predicted octanol–water partition coefficient (Wildman–Crippen LogP) is 22.2. The quantitative estimate of drug-likeness (QED) is 0.0947. The number of carbonyl (C=O) groups is 4. The molecule has 452 valence electrons. The van der Waals surface area contributed by atoms with E-state index in [0.717, 1.165) is 42.6 Å². The normalized spacial score (nSPS) is 26.2. The van der Waals surface area contributed by atoms with E-state index >= 15 is 0 Å². The number of carbonyl (C=O) groups excluding carboxylic acids is 4. The fourth-order valence-corrected chi connectivity index (χ4v) is 41.4. The second-order valence-corrected chi connectivity index (χ2v) is 41.8. The molecule has 0 N–H and O–H groups in total. The Morgan fingerprint density at radius 1 is 0.200 bits per heavy atom. The third-order valence-corrected chi connectivity index (χ3v) is 42.6. The van der Waals surface area contributed by atoms with E-state index in [1.807, 2.05) is 47.0 Å². The van der Waals surface area contributed by atoms with E-state index < -0.39 is 45.5 Å². The summed E-state index contributed by atoms with van der Waals surface area (Å²) in [6.07, 6.45) is 3.57. The average molecular weight is 1410 g/mol. The molecule has 0 fully saturated rings. The van der Waals surface area contributed by atoms with Crippen LogP contribution in [-0.2, 0) is 59.8 Å². The van der Waals surface area contributed by atoms with Gasteiger partial charge in [-0.15, -0.1) is 0 Å². The third kappa shape index (κ3) is 3.11. The van der Waals surface area contributed by atoms with Crippen LogP contribution in [0.4, 0.5) is 0 Å². The van der Waals surface area contributed by atoms with Crippen molar-refractivity contribution in [3.05, 3.63) is 101 Å². The molecule has 0 bridgehead atoms. The zero-order valence-electron chi connectivity index (χ0n) is 51.4. The van der Waals surface area contributed by atoms with Crippen molar-refractivity contribution in [2.75, 3.05) is 28.4 Å². The molecule has 24 aromatic rings. The topological polar surface area (TPSA) is 105 Å². The molecule has 10 aliphatic carbocycles. The highest BCUT2D eigenvalue weighted by atomic mass is 32.2. The Bertz CT molecular complexity index is 8570. The van der Waals surface area contributed by atoms with Crippen LogP contribution in [0.2, 0.25) is 0 Å². The fourth-order valence-electron chi connectivity index (χ4n) is 30.0. The van der Waals surface area contributed by atoms with Crippen LogP contribution in [0.1, 0.15) is 70.2 Å². The number of ether oxygens (including phenoxy) is 4. The first-order valence-corrected chi connectivity index (χ1v) is 40.9. The van der Waals surface area contributed by atoms with Crippen molar-refractivity contribution in [1.82, 2.24) is 0 Å². The Balaban J connectivity index is 0.790. The molecule has 4 heterocycles. The second-order valence-electron chi connectivity index (χ2n) is 32.3. The molecule has 4 atom stereocenters. The van der Waals surface area contributed by atoms with Gasteiger partial charge in [-0.1, -0.05) is 94.1 Å². The molecule has 8 nitrogen and oxygen atoms in total. The summed E-state index contributed by atoms with van der Waals surface area (Å²) in [5, 5.41) is 76.1. The Morgan fingerprint density at radius 3 is 0.450 bits per heavy atom. The summed E-state index contributed by atoms with van der Waals surface area (Å²) < 4.78 is 25.8. The predicted molar refractivity (Wildman–Crippen MR) is 416 cm³/mol. The van der Waals surface area contributed by atoms with Gasteiger partial charge in [0.25, 0.3) is 0 Å². The Hall–Kier alpha value is -8.16. The first kappa shape index (κ1) is 46.4. The lowest BCUT2D eigenvalue weighted by atomic mass is 9.44. The lowest BCUT2D eigenvalue weighted by Gasteiger charge is -2.57. The Kier molecular flexibility index (Phi) is 5.54. The molecule has 0 radical (unpaired) electrons. The maximum Gasteiger partial charge on any atom is 0.346 e. The molecule has 0 amide bonds. The minimum Gasteiger partial charge on any atom is -0.465 e. The van der Waals surface area contributed by atoms with Crippen LogP contribution in [-0.4, -0.2) is 52.3 Å². The van der Waals surface area contributed by atoms with Crippen LogP contribution in [0, 0.1) is 0 Å². The molecule has 4 aliphatic heterocycles. The van der Waals surface area contributed by atoms with Gasteiger partial charge < -0.3 is 18.9 Å². The second kappa shape index (κ2) is 11.9. The van der Waals surface area contributed by atoms with Crippen molar-refractivity contribution >= 4 is 377 Å². The van der Waals surface area contributed by atoms with Crippen molar-refractivity contribution in [1.29, 1.82) is 0 Å². The van der Waals surface area contributed by atoms with Crippen LogP contribution in [0.15, 0.2) is 56.2 Å². The van der Waals surface area contributed by atoms with Gasteiger partial charge in [-0.05, 0) is 329 Å². The molecule has 24 aromatic carbocycles. The summed E-state index contributed by atoms with van der Waals surface area (Å²) >= 11 is 13.3. The molecule has 0 aromatic heterocycles. The number of rotatable bonds is 4. The molecule has 0 saturated heterocycles. The number of hydrogen-bond donors (Lipinski definition) is 0. The van der Waals surface area contributed by atoms with Gasteiger partial charge >= 0.3 is 23.9 Å². The highest BCUT2D eigenvalue weighted by Gasteiger charge is 2.75. The van der Waals surface area contributed by atoms with Gasteiger partial charge in [-0.2, -0.15) is 0 Å². The van der Waals surface area contributed by atoms with Crippen LogP contribution >= 0.6 is 94.1 Å². The largest absolute Gasteiger partial charge is 0.465 e. The number of methoxy groups -OCH3 is 4. The number of hydrogen-bond acceptors (Lipinski definition) is 16. The number of allylic oxidation sites excluding steroid dienone is 4. The molecule has 14 aliphatic rings. The van der Waals surface area contributed by atoms with Gasteiger partial charge in [0, 0.05) is 41.3 Å². The molecule has 16 heteroatoms. The highest BCUT2D eigenvalue weighted by Crippen LogP contribution is 2.91. The van der Waals surface area contributed by atoms with Gasteiger partial charge in [0.2, 0.25) is 0 Å². The summed E-state index contributed by atoms with van der Waals surface area (Å²) in [6.45, 7) is 0. The first-order valence-electron chi connectivity index (χ1n) is 34.4. The third-order valence-electron chi connectivity index (χ3n) is 31.1. The number of esters is 4. The smallest absolute Gasteiger partial charge is 0.346 e. The minimum atomic E-state index is -0.502. The highest BCUT2D eigenvalue weighted by molar-refractivity contribution is 8.35.